The van der Waals surface area contributed by atoms with Crippen molar-refractivity contribution >= 4 is 61.4 Å². The van der Waals surface area contributed by atoms with Crippen LogP contribution in [0.15, 0.2) is 67.3 Å². The molecule has 11 heteroatoms. The van der Waals surface area contributed by atoms with E-state index in [-0.39, 0.29) is 31.5 Å². The monoisotopic (exact) mass is 579 g/mol. The van der Waals surface area contributed by atoms with Gasteiger partial charge in [-0.05, 0) is 37.9 Å². The summed E-state index contributed by atoms with van der Waals surface area (Å²) in [4.78, 5) is 37.5. The molecule has 0 saturated carbocycles. The standard InChI is InChI=1S/C32H29N5O6/c1-17(2)31(39)36-29-28-30(34-15-33-29)37(16-35-28)25-12-23(38)24(43-25)14-42-32(40)41-13-21-9-8-20-7-6-18-4-3-5-19-10-11-22(21)27(20)26(18)19/h3-11,15-17,23-25,38H,12-14H2,1-2H3,(H,33,34,36,39)/t23-,24+,25+/m0/s1. The summed E-state index contributed by atoms with van der Waals surface area (Å²) in [7, 11) is 0. The number of amides is 1. The number of hydrogen-bond donors (Lipinski definition) is 2. The largest absolute Gasteiger partial charge is 0.508 e. The Hall–Kier alpha value is -4.87. The van der Waals surface area contributed by atoms with Crippen LogP contribution < -0.4 is 5.32 Å². The maximum absolute atomic E-state index is 12.6. The second-order valence-corrected chi connectivity index (χ2v) is 11.1. The molecule has 6 aromatic rings. The predicted octanol–water partition coefficient (Wildman–Crippen LogP) is 5.32. The summed E-state index contributed by atoms with van der Waals surface area (Å²) in [6.07, 6.45) is -0.0348. The van der Waals surface area contributed by atoms with Crippen LogP contribution in [0, 0.1) is 5.92 Å². The van der Waals surface area contributed by atoms with Gasteiger partial charge in [-0.2, -0.15) is 0 Å². The molecule has 218 valence electrons. The van der Waals surface area contributed by atoms with Crippen LogP contribution in [0.1, 0.15) is 32.1 Å². The fourth-order valence-electron chi connectivity index (χ4n) is 5.70. The number of aromatic nitrogens is 4. The van der Waals surface area contributed by atoms with E-state index < -0.39 is 24.6 Å². The molecule has 43 heavy (non-hydrogen) atoms. The molecule has 0 radical (unpaired) electrons. The smallest absolute Gasteiger partial charge is 0.431 e. The molecular weight excluding hydrogens is 550 g/mol. The maximum Gasteiger partial charge on any atom is 0.508 e. The van der Waals surface area contributed by atoms with Crippen molar-refractivity contribution in [2.75, 3.05) is 11.9 Å². The molecule has 0 unspecified atom stereocenters. The second-order valence-electron chi connectivity index (χ2n) is 11.1. The highest BCUT2D eigenvalue weighted by molar-refractivity contribution is 6.23. The minimum Gasteiger partial charge on any atom is -0.431 e. The van der Waals surface area contributed by atoms with E-state index in [1.165, 1.54) is 18.0 Å². The van der Waals surface area contributed by atoms with Crippen LogP contribution >= 0.6 is 0 Å². The summed E-state index contributed by atoms with van der Waals surface area (Å²) in [5.74, 6) is -0.118. The number of hydrogen-bond acceptors (Lipinski definition) is 9. The number of fused-ring (bicyclic) bond motifs is 1. The van der Waals surface area contributed by atoms with E-state index in [0.717, 1.165) is 32.5 Å². The molecule has 0 bridgehead atoms. The third-order valence-corrected chi connectivity index (χ3v) is 7.97. The molecule has 2 aromatic heterocycles. The number of rotatable bonds is 7. The SMILES string of the molecule is CC(C)C(=O)Nc1ncnc2c1ncn2[C@H]1C[C@H](O)[C@@H](COC(=O)OCc2ccc3ccc4cccc5ccc2c3c45)O1. The first-order chi connectivity index (χ1) is 20.9. The van der Waals surface area contributed by atoms with Gasteiger partial charge in [-0.3, -0.25) is 9.36 Å². The average molecular weight is 580 g/mol. The Morgan fingerprint density at radius 3 is 2.53 bits per heavy atom. The Labute approximate surface area is 245 Å². The number of carbonyl (C=O) groups is 2. The highest BCUT2D eigenvalue weighted by Crippen LogP contribution is 2.36. The summed E-state index contributed by atoms with van der Waals surface area (Å²) in [5.41, 5.74) is 1.73. The van der Waals surface area contributed by atoms with Gasteiger partial charge < -0.3 is 24.6 Å². The molecule has 0 aliphatic carbocycles. The molecular formula is C32H29N5O6. The van der Waals surface area contributed by atoms with Crippen LogP contribution in [-0.2, 0) is 25.6 Å². The van der Waals surface area contributed by atoms with Crippen molar-refractivity contribution in [2.45, 2.75) is 45.3 Å². The third kappa shape index (κ3) is 4.86. The van der Waals surface area contributed by atoms with Gasteiger partial charge in [0.25, 0.3) is 0 Å². The molecule has 7 rings (SSSR count). The quantitative estimate of drug-likeness (QED) is 0.190. The average Bonchev–Trinajstić information content (AvgIpc) is 3.61. The summed E-state index contributed by atoms with van der Waals surface area (Å²) >= 11 is 0. The first-order valence-electron chi connectivity index (χ1n) is 14.1. The summed E-state index contributed by atoms with van der Waals surface area (Å²) in [5, 5.41) is 20.2. The third-order valence-electron chi connectivity index (χ3n) is 7.97. The Bertz CT molecular complexity index is 1970. The molecule has 3 heterocycles. The lowest BCUT2D eigenvalue weighted by molar-refractivity contribution is -0.118. The fourth-order valence-corrected chi connectivity index (χ4v) is 5.70. The minimum atomic E-state index is -0.894. The fraction of sp³-hybridized carbons (Fsp3) is 0.281. The van der Waals surface area contributed by atoms with E-state index in [2.05, 4.69) is 56.7 Å². The van der Waals surface area contributed by atoms with E-state index in [1.54, 1.807) is 18.4 Å². The number of anilines is 1. The van der Waals surface area contributed by atoms with Gasteiger partial charge in [-0.1, -0.05) is 68.4 Å². The van der Waals surface area contributed by atoms with Crippen molar-refractivity contribution < 1.29 is 28.9 Å². The molecule has 1 amide bonds. The van der Waals surface area contributed by atoms with E-state index >= 15 is 0 Å². The molecule has 1 aliphatic heterocycles. The number of carbonyl (C=O) groups excluding carboxylic acids is 2. The molecule has 0 spiro atoms. The maximum atomic E-state index is 12.6. The summed E-state index contributed by atoms with van der Waals surface area (Å²) in [6, 6.07) is 18.6. The van der Waals surface area contributed by atoms with Crippen LogP contribution in [0.25, 0.3) is 43.5 Å². The minimum absolute atomic E-state index is 0.0418. The number of imidazole rings is 1. The summed E-state index contributed by atoms with van der Waals surface area (Å²) < 4.78 is 18.5. The number of benzene rings is 4. The van der Waals surface area contributed by atoms with Crippen molar-refractivity contribution in [1.29, 1.82) is 0 Å². The van der Waals surface area contributed by atoms with Gasteiger partial charge >= 0.3 is 6.16 Å². The van der Waals surface area contributed by atoms with Gasteiger partial charge in [0.1, 0.15) is 31.9 Å². The van der Waals surface area contributed by atoms with Crippen molar-refractivity contribution in [2.24, 2.45) is 5.92 Å². The molecule has 1 saturated heterocycles. The zero-order valence-electron chi connectivity index (χ0n) is 23.6. The molecule has 1 fully saturated rings. The lowest BCUT2D eigenvalue weighted by Crippen LogP contribution is -2.28. The Kier molecular flexibility index (Phi) is 6.75. The topological polar surface area (TPSA) is 138 Å². The Morgan fingerprint density at radius 2 is 1.74 bits per heavy atom. The Morgan fingerprint density at radius 1 is 1.00 bits per heavy atom. The van der Waals surface area contributed by atoms with Crippen LogP contribution in [-0.4, -0.2) is 55.5 Å². The van der Waals surface area contributed by atoms with Crippen molar-refractivity contribution in [3.8, 4) is 0 Å². The van der Waals surface area contributed by atoms with Gasteiger partial charge in [0.2, 0.25) is 5.91 Å². The molecule has 4 aromatic carbocycles. The van der Waals surface area contributed by atoms with E-state index in [0.29, 0.717) is 17.0 Å². The Balaban J connectivity index is 1.000. The second kappa shape index (κ2) is 10.8. The highest BCUT2D eigenvalue weighted by atomic mass is 16.7. The lowest BCUT2D eigenvalue weighted by Gasteiger charge is -2.16. The van der Waals surface area contributed by atoms with Gasteiger partial charge in [0, 0.05) is 12.3 Å². The number of ether oxygens (including phenoxy) is 3. The normalized spacial score (nSPS) is 18.7. The van der Waals surface area contributed by atoms with Crippen LogP contribution in [0.3, 0.4) is 0 Å². The van der Waals surface area contributed by atoms with Gasteiger partial charge in [-0.15, -0.1) is 0 Å². The van der Waals surface area contributed by atoms with Crippen LogP contribution in [0.4, 0.5) is 10.6 Å². The van der Waals surface area contributed by atoms with Crippen molar-refractivity contribution in [3.05, 3.63) is 72.8 Å². The number of nitrogens with one attached hydrogen (secondary N) is 1. The molecule has 1 aliphatic rings. The number of nitrogens with zero attached hydrogens (tertiary/aromatic N) is 4. The predicted molar refractivity (Wildman–Crippen MR) is 160 cm³/mol. The van der Waals surface area contributed by atoms with E-state index in [9.17, 15) is 14.7 Å². The first-order valence-corrected chi connectivity index (χ1v) is 14.1. The van der Waals surface area contributed by atoms with Gasteiger partial charge in [-0.25, -0.2) is 19.7 Å². The number of aliphatic hydroxyl groups excluding tert-OH is 1. The van der Waals surface area contributed by atoms with Crippen molar-refractivity contribution in [3.63, 3.8) is 0 Å². The zero-order valence-corrected chi connectivity index (χ0v) is 23.6. The van der Waals surface area contributed by atoms with E-state index in [4.69, 9.17) is 14.2 Å². The highest BCUT2D eigenvalue weighted by Gasteiger charge is 2.37. The zero-order chi connectivity index (χ0) is 29.7. The lowest BCUT2D eigenvalue weighted by atomic mass is 9.92. The van der Waals surface area contributed by atoms with Crippen molar-refractivity contribution in [1.82, 2.24) is 19.5 Å². The van der Waals surface area contributed by atoms with E-state index in [1.807, 2.05) is 18.2 Å². The van der Waals surface area contributed by atoms with Gasteiger partial charge in [0.15, 0.2) is 17.0 Å². The first kappa shape index (κ1) is 27.0. The van der Waals surface area contributed by atoms with Crippen LogP contribution in [0.2, 0.25) is 0 Å². The molecule has 11 nitrogen and oxygen atoms in total. The molecule has 3 atom stereocenters. The molecule has 2 N–H and O–H groups in total. The number of aliphatic hydroxyl groups is 1. The van der Waals surface area contributed by atoms with Crippen LogP contribution in [0.5, 0.6) is 0 Å². The van der Waals surface area contributed by atoms with Gasteiger partial charge in [0.05, 0.1) is 12.4 Å². The summed E-state index contributed by atoms with van der Waals surface area (Å²) in [6.45, 7) is 3.42.